The van der Waals surface area contributed by atoms with E-state index in [1.807, 2.05) is 0 Å². The van der Waals surface area contributed by atoms with Gasteiger partial charge in [-0.1, -0.05) is 0 Å². The molecule has 0 heterocycles. The van der Waals surface area contributed by atoms with E-state index < -0.39 is 17.1 Å². The van der Waals surface area contributed by atoms with Crippen LogP contribution in [0.2, 0.25) is 0 Å². The lowest BCUT2D eigenvalue weighted by Gasteiger charge is -2.25. The first-order chi connectivity index (χ1) is 7.44. The number of carbonyl (C=O) groups is 1. The monoisotopic (exact) mass is 231 g/mol. The molecule has 1 atom stereocenters. The molecule has 0 saturated carbocycles. The highest BCUT2D eigenvalue weighted by atomic mass is 16.3. The maximum Gasteiger partial charge on any atom is 0.230 e. The molecule has 0 radical (unpaired) electrons. The molecular formula is C10H17NO5. The molecular weight excluding hydrogens is 214 g/mol. The summed E-state index contributed by atoms with van der Waals surface area (Å²) in [5, 5.41) is 36.9. The lowest BCUT2D eigenvalue weighted by Crippen LogP contribution is -2.33. The van der Waals surface area contributed by atoms with Gasteiger partial charge in [0.25, 0.3) is 0 Å². The number of nitrogens with zero attached hydrogens (tertiary/aromatic N) is 1. The Kier molecular flexibility index (Phi) is 3.90. The van der Waals surface area contributed by atoms with Crippen molar-refractivity contribution in [2.24, 2.45) is 0 Å². The predicted octanol–water partition coefficient (Wildman–Crippen LogP) is -1.23. The minimum atomic E-state index is -1.59. The Bertz CT molecular complexity index is 304. The van der Waals surface area contributed by atoms with Gasteiger partial charge in [-0.15, -0.1) is 0 Å². The van der Waals surface area contributed by atoms with Crippen LogP contribution in [0.5, 0.6) is 0 Å². The maximum absolute atomic E-state index is 11.4. The number of ketones is 1. The van der Waals surface area contributed by atoms with Gasteiger partial charge in [-0.3, -0.25) is 4.79 Å². The standard InChI is InChI=1S/C10H17NO5/c1-10(16)6-7(8(14)9(10)15)11(2-4-12)3-5-13/h12-14,16H,2-6H2,1H3. The van der Waals surface area contributed by atoms with Crippen LogP contribution in [-0.2, 0) is 4.79 Å². The molecule has 0 bridgehead atoms. The van der Waals surface area contributed by atoms with Gasteiger partial charge in [0.05, 0.1) is 18.9 Å². The van der Waals surface area contributed by atoms with E-state index in [1.54, 1.807) is 0 Å². The van der Waals surface area contributed by atoms with E-state index in [0.717, 1.165) is 0 Å². The van der Waals surface area contributed by atoms with Crippen LogP contribution in [-0.4, -0.2) is 63.0 Å². The first kappa shape index (κ1) is 13.0. The van der Waals surface area contributed by atoms with Crippen LogP contribution in [0.1, 0.15) is 13.3 Å². The Balaban J connectivity index is 2.89. The number of hydrogen-bond donors (Lipinski definition) is 4. The molecule has 1 rings (SSSR count). The average Bonchev–Trinajstić information content (AvgIpc) is 2.42. The fraction of sp³-hybridized carbons (Fsp3) is 0.700. The van der Waals surface area contributed by atoms with Crippen LogP contribution in [0.15, 0.2) is 11.5 Å². The van der Waals surface area contributed by atoms with E-state index in [0.29, 0.717) is 0 Å². The third-order valence-electron chi connectivity index (χ3n) is 2.61. The molecule has 6 heteroatoms. The summed E-state index contributed by atoms with van der Waals surface area (Å²) in [6.45, 7) is 1.40. The molecule has 1 aliphatic rings. The number of aliphatic hydroxyl groups excluding tert-OH is 3. The van der Waals surface area contributed by atoms with Crippen molar-refractivity contribution in [1.82, 2.24) is 4.90 Å². The van der Waals surface area contributed by atoms with Gasteiger partial charge < -0.3 is 25.3 Å². The van der Waals surface area contributed by atoms with Gasteiger partial charge in [0.15, 0.2) is 5.76 Å². The third kappa shape index (κ3) is 2.34. The summed E-state index contributed by atoms with van der Waals surface area (Å²) in [7, 11) is 0. The van der Waals surface area contributed by atoms with Crippen molar-refractivity contribution in [3.8, 4) is 0 Å². The Morgan fingerprint density at radius 1 is 1.31 bits per heavy atom. The fourth-order valence-corrected chi connectivity index (χ4v) is 1.76. The van der Waals surface area contributed by atoms with Crippen LogP contribution < -0.4 is 0 Å². The van der Waals surface area contributed by atoms with Crippen LogP contribution in [0, 0.1) is 0 Å². The van der Waals surface area contributed by atoms with E-state index in [1.165, 1.54) is 11.8 Å². The second kappa shape index (κ2) is 4.82. The third-order valence-corrected chi connectivity index (χ3v) is 2.61. The Hall–Kier alpha value is -1.11. The smallest absolute Gasteiger partial charge is 0.230 e. The molecule has 6 nitrogen and oxygen atoms in total. The van der Waals surface area contributed by atoms with Gasteiger partial charge in [-0.05, 0) is 6.92 Å². The van der Waals surface area contributed by atoms with Gasteiger partial charge in [0, 0.05) is 19.5 Å². The molecule has 0 aromatic heterocycles. The topological polar surface area (TPSA) is 101 Å². The van der Waals surface area contributed by atoms with Crippen molar-refractivity contribution in [1.29, 1.82) is 0 Å². The lowest BCUT2D eigenvalue weighted by molar-refractivity contribution is -0.132. The molecule has 4 N–H and O–H groups in total. The van der Waals surface area contributed by atoms with Crippen molar-refractivity contribution >= 4 is 5.78 Å². The van der Waals surface area contributed by atoms with Crippen molar-refractivity contribution in [2.45, 2.75) is 18.9 Å². The second-order valence-electron chi connectivity index (χ2n) is 4.01. The Morgan fingerprint density at radius 3 is 2.12 bits per heavy atom. The van der Waals surface area contributed by atoms with Crippen LogP contribution in [0.3, 0.4) is 0 Å². The highest BCUT2D eigenvalue weighted by Gasteiger charge is 2.43. The zero-order chi connectivity index (χ0) is 12.3. The van der Waals surface area contributed by atoms with Crippen LogP contribution in [0.25, 0.3) is 0 Å². The first-order valence-electron chi connectivity index (χ1n) is 5.10. The number of aliphatic hydroxyl groups is 4. The summed E-state index contributed by atoms with van der Waals surface area (Å²) in [6.07, 6.45) is -0.00231. The van der Waals surface area contributed by atoms with Gasteiger partial charge in [-0.2, -0.15) is 0 Å². The molecule has 0 aromatic rings. The van der Waals surface area contributed by atoms with E-state index in [9.17, 15) is 15.0 Å². The molecule has 16 heavy (non-hydrogen) atoms. The van der Waals surface area contributed by atoms with Gasteiger partial charge in [-0.25, -0.2) is 0 Å². The van der Waals surface area contributed by atoms with E-state index in [-0.39, 0.29) is 38.4 Å². The van der Waals surface area contributed by atoms with Crippen LogP contribution >= 0.6 is 0 Å². The fourth-order valence-electron chi connectivity index (χ4n) is 1.76. The quantitative estimate of drug-likeness (QED) is 0.472. The highest BCUT2D eigenvalue weighted by Crippen LogP contribution is 2.32. The Morgan fingerprint density at radius 2 is 1.81 bits per heavy atom. The van der Waals surface area contributed by atoms with Gasteiger partial charge >= 0.3 is 0 Å². The van der Waals surface area contributed by atoms with Gasteiger partial charge in [0.2, 0.25) is 5.78 Å². The molecule has 92 valence electrons. The van der Waals surface area contributed by atoms with Crippen LogP contribution in [0.4, 0.5) is 0 Å². The number of carbonyl (C=O) groups excluding carboxylic acids is 1. The van der Waals surface area contributed by atoms with Crippen molar-refractivity contribution in [3.63, 3.8) is 0 Å². The zero-order valence-corrected chi connectivity index (χ0v) is 9.18. The summed E-state index contributed by atoms with van der Waals surface area (Å²) < 4.78 is 0. The normalized spacial score (nSPS) is 25.4. The summed E-state index contributed by atoms with van der Waals surface area (Å²) in [5.41, 5.74) is -1.32. The molecule has 1 unspecified atom stereocenters. The molecule has 0 aromatic carbocycles. The Labute approximate surface area is 93.4 Å². The van der Waals surface area contributed by atoms with Gasteiger partial charge in [0.1, 0.15) is 5.60 Å². The summed E-state index contributed by atoms with van der Waals surface area (Å²) >= 11 is 0. The number of Topliss-reactive ketones (excluding diaryl/α,β-unsaturated/α-hetero) is 1. The predicted molar refractivity (Wildman–Crippen MR) is 55.6 cm³/mol. The summed E-state index contributed by atoms with van der Waals surface area (Å²) in [4.78, 5) is 12.9. The van der Waals surface area contributed by atoms with Crippen molar-refractivity contribution in [2.75, 3.05) is 26.3 Å². The number of hydrogen-bond acceptors (Lipinski definition) is 6. The SMILES string of the molecule is CC1(O)CC(N(CCO)CCO)=C(O)C1=O. The minimum absolute atomic E-state index is 0.00231. The zero-order valence-electron chi connectivity index (χ0n) is 9.18. The molecule has 0 saturated heterocycles. The van der Waals surface area contributed by atoms with Crippen molar-refractivity contribution in [3.05, 3.63) is 11.5 Å². The minimum Gasteiger partial charge on any atom is -0.503 e. The molecule has 1 aliphatic carbocycles. The molecule has 0 fully saturated rings. The first-order valence-corrected chi connectivity index (χ1v) is 5.10. The van der Waals surface area contributed by atoms with E-state index in [4.69, 9.17) is 10.2 Å². The average molecular weight is 231 g/mol. The molecule has 0 aliphatic heterocycles. The van der Waals surface area contributed by atoms with E-state index in [2.05, 4.69) is 0 Å². The second-order valence-corrected chi connectivity index (χ2v) is 4.01. The summed E-state index contributed by atoms with van der Waals surface area (Å²) in [5.74, 6) is -1.20. The molecule has 0 amide bonds. The van der Waals surface area contributed by atoms with Crippen molar-refractivity contribution < 1.29 is 25.2 Å². The maximum atomic E-state index is 11.4. The lowest BCUT2D eigenvalue weighted by atomic mass is 10.0. The van der Waals surface area contributed by atoms with E-state index >= 15 is 0 Å². The summed E-state index contributed by atoms with van der Waals surface area (Å²) in [6, 6.07) is 0. The highest BCUT2D eigenvalue weighted by molar-refractivity contribution is 6.02. The molecule has 0 spiro atoms. The largest absolute Gasteiger partial charge is 0.503 e. The number of rotatable bonds is 5.